The molecular weight excluding hydrogens is 417 g/mol. The summed E-state index contributed by atoms with van der Waals surface area (Å²) in [5, 5.41) is 3.38. The summed E-state index contributed by atoms with van der Waals surface area (Å²) in [4.78, 5) is 6.66. The van der Waals surface area contributed by atoms with E-state index < -0.39 is 0 Å². The summed E-state index contributed by atoms with van der Waals surface area (Å²) < 4.78 is 11.1. The highest BCUT2D eigenvalue weighted by atomic mass is 127. The molecule has 0 bridgehead atoms. The zero-order valence-electron chi connectivity index (χ0n) is 15.2. The van der Waals surface area contributed by atoms with E-state index in [0.717, 1.165) is 44.4 Å². The molecule has 136 valence electrons. The number of aryl methyl sites for hydroxylation is 2. The van der Waals surface area contributed by atoms with Gasteiger partial charge in [0.1, 0.15) is 12.4 Å². The first-order valence-electron chi connectivity index (χ1n) is 8.28. The molecule has 1 atom stereocenters. The molecule has 0 aliphatic carbocycles. The Hall–Kier alpha value is -1.02. The normalized spacial score (nSPS) is 17.6. The molecule has 5 nitrogen and oxygen atoms in total. The summed E-state index contributed by atoms with van der Waals surface area (Å²) in [6.45, 7) is 8.40. The van der Waals surface area contributed by atoms with E-state index in [1.54, 1.807) is 7.11 Å². The largest absolute Gasteiger partial charge is 0.492 e. The fourth-order valence-corrected chi connectivity index (χ4v) is 3.08. The molecule has 1 N–H and O–H groups in total. The van der Waals surface area contributed by atoms with E-state index in [1.807, 2.05) is 7.05 Å². The van der Waals surface area contributed by atoms with Crippen molar-refractivity contribution in [3.05, 3.63) is 29.3 Å². The van der Waals surface area contributed by atoms with Gasteiger partial charge in [-0.25, -0.2) is 0 Å². The lowest BCUT2D eigenvalue weighted by Gasteiger charge is -2.21. The van der Waals surface area contributed by atoms with Gasteiger partial charge in [-0.05, 0) is 43.5 Å². The van der Waals surface area contributed by atoms with Crippen LogP contribution in [0.5, 0.6) is 5.75 Å². The molecule has 6 heteroatoms. The molecule has 0 spiro atoms. The molecule has 24 heavy (non-hydrogen) atoms. The van der Waals surface area contributed by atoms with Gasteiger partial charge in [0, 0.05) is 33.2 Å². The second-order valence-corrected chi connectivity index (χ2v) is 6.20. The van der Waals surface area contributed by atoms with Crippen LogP contribution in [-0.4, -0.2) is 57.9 Å². The van der Waals surface area contributed by atoms with Gasteiger partial charge in [0.15, 0.2) is 5.96 Å². The summed E-state index contributed by atoms with van der Waals surface area (Å²) in [5.41, 5.74) is 2.45. The summed E-state index contributed by atoms with van der Waals surface area (Å²) in [6.07, 6.45) is 1.16. The first-order chi connectivity index (χ1) is 11.1. The topological polar surface area (TPSA) is 46.1 Å². The molecule has 1 aliphatic heterocycles. The predicted molar refractivity (Wildman–Crippen MR) is 110 cm³/mol. The quantitative estimate of drug-likeness (QED) is 0.315. The fraction of sp³-hybridized carbons (Fsp3) is 0.611. The molecule has 1 unspecified atom stereocenters. The monoisotopic (exact) mass is 447 g/mol. The Morgan fingerprint density at radius 1 is 1.29 bits per heavy atom. The van der Waals surface area contributed by atoms with Crippen molar-refractivity contribution >= 4 is 29.9 Å². The number of methoxy groups -OCH3 is 1. The molecule has 0 amide bonds. The summed E-state index contributed by atoms with van der Waals surface area (Å²) in [5.74, 6) is 2.48. The lowest BCUT2D eigenvalue weighted by molar-refractivity contribution is 0.157. The van der Waals surface area contributed by atoms with Crippen LogP contribution >= 0.6 is 24.0 Å². The van der Waals surface area contributed by atoms with Crippen molar-refractivity contribution in [1.29, 1.82) is 0 Å². The first-order valence-corrected chi connectivity index (χ1v) is 8.28. The summed E-state index contributed by atoms with van der Waals surface area (Å²) >= 11 is 0. The van der Waals surface area contributed by atoms with Crippen LogP contribution in [0.3, 0.4) is 0 Å². The predicted octanol–water partition coefficient (Wildman–Crippen LogP) is 2.84. The smallest absolute Gasteiger partial charge is 0.193 e. The van der Waals surface area contributed by atoms with Crippen molar-refractivity contribution in [2.24, 2.45) is 10.9 Å². The number of likely N-dealkylation sites (tertiary alicyclic amines) is 1. The Morgan fingerprint density at radius 2 is 2.00 bits per heavy atom. The number of hydrogen-bond acceptors (Lipinski definition) is 3. The van der Waals surface area contributed by atoms with Gasteiger partial charge in [0.25, 0.3) is 0 Å². The first kappa shape index (κ1) is 21.0. The second kappa shape index (κ2) is 10.8. The van der Waals surface area contributed by atoms with Gasteiger partial charge in [0.05, 0.1) is 13.2 Å². The highest BCUT2D eigenvalue weighted by Gasteiger charge is 2.24. The minimum Gasteiger partial charge on any atom is -0.492 e. The second-order valence-electron chi connectivity index (χ2n) is 6.20. The Labute approximate surface area is 162 Å². The molecular formula is C18H30IN3O2. The molecule has 1 fully saturated rings. The molecule has 1 aromatic carbocycles. The lowest BCUT2D eigenvalue weighted by Crippen LogP contribution is -2.41. The van der Waals surface area contributed by atoms with Crippen molar-refractivity contribution in [2.45, 2.75) is 20.3 Å². The number of guanidine groups is 1. The number of ether oxygens (including phenoxy) is 2. The molecule has 1 aromatic rings. The number of nitrogens with one attached hydrogen (secondary N) is 1. The Morgan fingerprint density at radius 3 is 2.62 bits per heavy atom. The minimum absolute atomic E-state index is 0. The molecule has 0 saturated carbocycles. The SMILES string of the molecule is CN=C(NCCOc1cc(C)cc(C)c1)N1CCC(COC)C1.I. The van der Waals surface area contributed by atoms with Crippen molar-refractivity contribution in [3.8, 4) is 5.75 Å². The maximum atomic E-state index is 5.83. The highest BCUT2D eigenvalue weighted by Crippen LogP contribution is 2.17. The molecule has 1 saturated heterocycles. The molecule has 0 aromatic heterocycles. The number of hydrogen-bond donors (Lipinski definition) is 1. The Kier molecular flexibility index (Phi) is 9.43. The van der Waals surface area contributed by atoms with E-state index in [4.69, 9.17) is 9.47 Å². The van der Waals surface area contributed by atoms with E-state index in [2.05, 4.69) is 47.3 Å². The summed E-state index contributed by atoms with van der Waals surface area (Å²) in [7, 11) is 3.59. The van der Waals surface area contributed by atoms with E-state index >= 15 is 0 Å². The van der Waals surface area contributed by atoms with Crippen molar-refractivity contribution < 1.29 is 9.47 Å². The van der Waals surface area contributed by atoms with Crippen LogP contribution in [0.25, 0.3) is 0 Å². The summed E-state index contributed by atoms with van der Waals surface area (Å²) in [6, 6.07) is 6.28. The zero-order chi connectivity index (χ0) is 16.7. The standard InChI is InChI=1S/C18H29N3O2.HI/c1-14-9-15(2)11-17(10-14)23-8-6-20-18(19-3)21-7-5-16(12-21)13-22-4;/h9-11,16H,5-8,12-13H2,1-4H3,(H,19,20);1H. The number of nitrogens with zero attached hydrogens (tertiary/aromatic N) is 2. The number of benzene rings is 1. The van der Waals surface area contributed by atoms with Crippen LogP contribution in [0.15, 0.2) is 23.2 Å². The van der Waals surface area contributed by atoms with Crippen molar-refractivity contribution in [1.82, 2.24) is 10.2 Å². The van der Waals surface area contributed by atoms with Crippen LogP contribution in [0.4, 0.5) is 0 Å². The minimum atomic E-state index is 0. The molecule has 1 heterocycles. The molecule has 0 radical (unpaired) electrons. The third-order valence-corrected chi connectivity index (χ3v) is 4.05. The van der Waals surface area contributed by atoms with E-state index in [1.165, 1.54) is 11.1 Å². The van der Waals surface area contributed by atoms with Gasteiger partial charge in [0.2, 0.25) is 0 Å². The van der Waals surface area contributed by atoms with Gasteiger partial charge >= 0.3 is 0 Å². The maximum absolute atomic E-state index is 5.83. The van der Waals surface area contributed by atoms with Gasteiger partial charge in [-0.2, -0.15) is 0 Å². The third-order valence-electron chi connectivity index (χ3n) is 4.05. The number of rotatable bonds is 6. The molecule has 2 rings (SSSR count). The van der Waals surface area contributed by atoms with Gasteiger partial charge in [-0.1, -0.05) is 6.07 Å². The van der Waals surface area contributed by atoms with Crippen molar-refractivity contribution in [3.63, 3.8) is 0 Å². The van der Waals surface area contributed by atoms with Gasteiger partial charge < -0.3 is 19.7 Å². The highest BCUT2D eigenvalue weighted by molar-refractivity contribution is 14.0. The van der Waals surface area contributed by atoms with Crippen LogP contribution in [0.1, 0.15) is 17.5 Å². The Balaban J connectivity index is 0.00000288. The fourth-order valence-electron chi connectivity index (χ4n) is 3.08. The van der Waals surface area contributed by atoms with Crippen LogP contribution in [0.2, 0.25) is 0 Å². The van der Waals surface area contributed by atoms with E-state index in [0.29, 0.717) is 12.5 Å². The van der Waals surface area contributed by atoms with Gasteiger partial charge in [-0.15, -0.1) is 24.0 Å². The van der Waals surface area contributed by atoms with Crippen LogP contribution in [-0.2, 0) is 4.74 Å². The average molecular weight is 447 g/mol. The van der Waals surface area contributed by atoms with E-state index in [-0.39, 0.29) is 24.0 Å². The number of halogens is 1. The van der Waals surface area contributed by atoms with E-state index in [9.17, 15) is 0 Å². The molecule has 1 aliphatic rings. The number of aliphatic imine (C=N–C) groups is 1. The third kappa shape index (κ3) is 6.47. The van der Waals surface area contributed by atoms with Crippen LogP contribution in [0, 0.1) is 19.8 Å². The van der Waals surface area contributed by atoms with Crippen LogP contribution < -0.4 is 10.1 Å². The van der Waals surface area contributed by atoms with Gasteiger partial charge in [-0.3, -0.25) is 4.99 Å². The lowest BCUT2D eigenvalue weighted by atomic mass is 10.1. The van der Waals surface area contributed by atoms with Crippen molar-refractivity contribution in [2.75, 3.05) is 47.0 Å². The zero-order valence-corrected chi connectivity index (χ0v) is 17.5. The maximum Gasteiger partial charge on any atom is 0.193 e. The average Bonchev–Trinajstić information content (AvgIpc) is 2.95. The Bertz CT molecular complexity index is 517.